The van der Waals surface area contributed by atoms with Crippen molar-refractivity contribution in [1.82, 2.24) is 10.2 Å². The number of carbonyl (C=O) groups excluding carboxylic acids is 3. The molecule has 2 aliphatic rings. The molecule has 0 bridgehead atoms. The minimum absolute atomic E-state index is 0.0713. The Hall–Kier alpha value is -4.64. The number of amides is 4. The second kappa shape index (κ2) is 13.8. The van der Waals surface area contributed by atoms with Gasteiger partial charge in [0, 0.05) is 47.8 Å². The number of benzene rings is 2. The molecule has 0 spiro atoms. The highest BCUT2D eigenvalue weighted by Crippen LogP contribution is 2.36. The van der Waals surface area contributed by atoms with Crippen molar-refractivity contribution < 1.29 is 19.1 Å². The molecular formula is C35H42N6O4S. The first-order valence-corrected chi connectivity index (χ1v) is 16.3. The van der Waals surface area contributed by atoms with Gasteiger partial charge >= 0.3 is 6.03 Å². The number of nitrogens with one attached hydrogen (secondary N) is 3. The average molecular weight is 643 g/mol. The van der Waals surface area contributed by atoms with Gasteiger partial charge in [0.05, 0.1) is 10.7 Å². The summed E-state index contributed by atoms with van der Waals surface area (Å²) in [5, 5.41) is 9.50. The predicted octanol–water partition coefficient (Wildman–Crippen LogP) is 6.21. The zero-order valence-electron chi connectivity index (χ0n) is 27.1. The van der Waals surface area contributed by atoms with Crippen LogP contribution < -0.4 is 26.4 Å². The third-order valence-electron chi connectivity index (χ3n) is 8.04. The topological polar surface area (TPSA) is 138 Å². The Kier molecular flexibility index (Phi) is 9.81. The SMILES string of the molecule is CC(=O)Nc1cc2c(s1)CCN(C(=O)COc1ccc(NC(=O)NC(C=C(N)C(C)(C)C)=Nc3ccc(C)cc3)c3c1CCC3)C2. The minimum Gasteiger partial charge on any atom is -0.483 e. The zero-order chi connectivity index (χ0) is 33.0. The number of rotatable bonds is 7. The highest BCUT2D eigenvalue weighted by atomic mass is 32.1. The fourth-order valence-corrected chi connectivity index (χ4v) is 6.53. The van der Waals surface area contributed by atoms with Crippen LogP contribution in [0, 0.1) is 12.3 Å². The number of nitrogens with two attached hydrogens (primary N) is 1. The van der Waals surface area contributed by atoms with Gasteiger partial charge in [0.1, 0.15) is 11.6 Å². The summed E-state index contributed by atoms with van der Waals surface area (Å²) in [6, 6.07) is 12.9. The number of fused-ring (bicyclic) bond motifs is 2. The van der Waals surface area contributed by atoms with Crippen LogP contribution in [0.4, 0.5) is 21.2 Å². The molecule has 0 unspecified atom stereocenters. The van der Waals surface area contributed by atoms with Crippen molar-refractivity contribution in [3.8, 4) is 5.75 Å². The van der Waals surface area contributed by atoms with E-state index >= 15 is 0 Å². The smallest absolute Gasteiger partial charge is 0.324 e. The molecule has 0 saturated heterocycles. The Morgan fingerprint density at radius 3 is 2.50 bits per heavy atom. The summed E-state index contributed by atoms with van der Waals surface area (Å²) in [5.74, 6) is 0.802. The molecular weight excluding hydrogens is 600 g/mol. The van der Waals surface area contributed by atoms with Gasteiger partial charge < -0.3 is 26.0 Å². The number of urea groups is 1. The number of anilines is 2. The van der Waals surface area contributed by atoms with E-state index in [9.17, 15) is 14.4 Å². The largest absolute Gasteiger partial charge is 0.483 e. The number of aryl methyl sites for hydroxylation is 1. The number of allylic oxidation sites excluding steroid dienone is 1. The summed E-state index contributed by atoms with van der Waals surface area (Å²) >= 11 is 1.56. The molecule has 1 aliphatic heterocycles. The van der Waals surface area contributed by atoms with Crippen molar-refractivity contribution in [2.45, 2.75) is 66.8 Å². The summed E-state index contributed by atoms with van der Waals surface area (Å²) in [7, 11) is 0. The lowest BCUT2D eigenvalue weighted by Crippen LogP contribution is -2.38. The molecule has 0 fully saturated rings. The van der Waals surface area contributed by atoms with Crippen molar-refractivity contribution in [3.05, 3.63) is 81.4 Å². The molecule has 1 aromatic heterocycles. The maximum absolute atomic E-state index is 13.2. The van der Waals surface area contributed by atoms with E-state index in [1.54, 1.807) is 22.3 Å². The van der Waals surface area contributed by atoms with Crippen LogP contribution in [0.3, 0.4) is 0 Å². The Labute approximate surface area is 274 Å². The average Bonchev–Trinajstić information content (AvgIpc) is 3.64. The van der Waals surface area contributed by atoms with Crippen molar-refractivity contribution in [2.24, 2.45) is 16.1 Å². The fraction of sp³-hybridized carbons (Fsp3) is 0.371. The van der Waals surface area contributed by atoms with Crippen LogP contribution in [0.2, 0.25) is 0 Å². The van der Waals surface area contributed by atoms with Crippen LogP contribution in [-0.4, -0.2) is 41.7 Å². The maximum Gasteiger partial charge on any atom is 0.324 e. The van der Waals surface area contributed by atoms with E-state index in [4.69, 9.17) is 10.5 Å². The van der Waals surface area contributed by atoms with E-state index in [0.717, 1.165) is 52.9 Å². The van der Waals surface area contributed by atoms with Gasteiger partial charge in [0.2, 0.25) is 5.91 Å². The predicted molar refractivity (Wildman–Crippen MR) is 184 cm³/mol. The van der Waals surface area contributed by atoms with Gasteiger partial charge in [0.25, 0.3) is 5.91 Å². The molecule has 2 aromatic carbocycles. The Morgan fingerprint density at radius 1 is 1.04 bits per heavy atom. The minimum atomic E-state index is -0.429. The van der Waals surface area contributed by atoms with E-state index in [2.05, 4.69) is 20.9 Å². The number of hydrogen-bond acceptors (Lipinski definition) is 7. The van der Waals surface area contributed by atoms with E-state index in [1.165, 1.54) is 11.8 Å². The molecule has 0 saturated carbocycles. The van der Waals surface area contributed by atoms with Gasteiger partial charge in [0.15, 0.2) is 6.61 Å². The highest BCUT2D eigenvalue weighted by Gasteiger charge is 2.25. The van der Waals surface area contributed by atoms with Gasteiger partial charge in [-0.3, -0.25) is 14.9 Å². The highest BCUT2D eigenvalue weighted by molar-refractivity contribution is 7.16. The standard InChI is InChI=1S/C35H42N6O4S/c1-21-9-11-24(12-10-21)38-31(18-30(36)35(3,4)5)40-34(44)39-27-13-14-28(26-8-6-7-25(26)27)45-20-33(43)41-16-15-29-23(19-41)17-32(46-29)37-22(2)42/h9-14,17-18H,6-8,15-16,19-20,36H2,1-5H3,(H,37,42)(H2,38,39,40,44). The number of hydrogen-bond donors (Lipinski definition) is 4. The van der Waals surface area contributed by atoms with Gasteiger partial charge in [-0.2, -0.15) is 0 Å². The van der Waals surface area contributed by atoms with E-state index < -0.39 is 6.03 Å². The molecule has 11 heteroatoms. The number of ether oxygens (including phenoxy) is 1. The number of thiophene rings is 1. The van der Waals surface area contributed by atoms with Crippen LogP contribution in [0.25, 0.3) is 0 Å². The van der Waals surface area contributed by atoms with E-state index in [-0.39, 0.29) is 23.8 Å². The third kappa shape index (κ3) is 8.14. The molecule has 5 N–H and O–H groups in total. The van der Waals surface area contributed by atoms with Gasteiger partial charge in [-0.25, -0.2) is 9.79 Å². The molecule has 242 valence electrons. The number of aliphatic imine (C=N–C) groups is 1. The normalized spacial score (nSPS) is 14.8. The lowest BCUT2D eigenvalue weighted by Gasteiger charge is -2.27. The molecule has 0 atom stereocenters. The van der Waals surface area contributed by atoms with Crippen molar-refractivity contribution in [2.75, 3.05) is 23.8 Å². The van der Waals surface area contributed by atoms with Crippen molar-refractivity contribution >= 4 is 51.4 Å². The first-order valence-electron chi connectivity index (χ1n) is 15.5. The van der Waals surface area contributed by atoms with Crippen LogP contribution >= 0.6 is 11.3 Å². The van der Waals surface area contributed by atoms with Crippen LogP contribution in [0.5, 0.6) is 5.75 Å². The quantitative estimate of drug-likeness (QED) is 0.179. The Balaban J connectivity index is 1.24. The van der Waals surface area contributed by atoms with Crippen LogP contribution in [0.15, 0.2) is 59.2 Å². The summed E-state index contributed by atoms with van der Waals surface area (Å²) in [5.41, 5.74) is 12.2. The Morgan fingerprint density at radius 2 is 1.78 bits per heavy atom. The van der Waals surface area contributed by atoms with Crippen molar-refractivity contribution in [1.29, 1.82) is 0 Å². The van der Waals surface area contributed by atoms with Gasteiger partial charge in [-0.15, -0.1) is 11.3 Å². The maximum atomic E-state index is 13.2. The second-order valence-corrected chi connectivity index (χ2v) is 13.9. The van der Waals surface area contributed by atoms with Crippen molar-refractivity contribution in [3.63, 3.8) is 0 Å². The summed E-state index contributed by atoms with van der Waals surface area (Å²) in [4.78, 5) is 45.4. The first-order chi connectivity index (χ1) is 21.9. The second-order valence-electron chi connectivity index (χ2n) is 12.8. The fourth-order valence-electron chi connectivity index (χ4n) is 5.43. The summed E-state index contributed by atoms with van der Waals surface area (Å²) in [6.07, 6.45) is 4.96. The summed E-state index contributed by atoms with van der Waals surface area (Å²) < 4.78 is 6.07. The van der Waals surface area contributed by atoms with Crippen LogP contribution in [-0.2, 0) is 35.4 Å². The number of carbonyl (C=O) groups is 3. The van der Waals surface area contributed by atoms with Crippen LogP contribution in [0.1, 0.15) is 61.2 Å². The zero-order valence-corrected chi connectivity index (χ0v) is 27.9. The molecule has 4 amide bonds. The Bertz CT molecular complexity index is 1700. The molecule has 46 heavy (non-hydrogen) atoms. The number of nitrogens with zero attached hydrogens (tertiary/aromatic N) is 2. The van der Waals surface area contributed by atoms with E-state index in [0.29, 0.717) is 41.7 Å². The molecule has 0 radical (unpaired) electrons. The molecule has 2 heterocycles. The molecule has 10 nitrogen and oxygen atoms in total. The lowest BCUT2D eigenvalue weighted by atomic mass is 9.92. The third-order valence-corrected chi connectivity index (χ3v) is 9.20. The molecule has 1 aliphatic carbocycles. The molecule has 3 aromatic rings. The van der Waals surface area contributed by atoms with Gasteiger partial charge in [-0.1, -0.05) is 38.5 Å². The van der Waals surface area contributed by atoms with E-state index in [1.807, 2.05) is 70.2 Å². The van der Waals surface area contributed by atoms with Gasteiger partial charge in [-0.05, 0) is 79.6 Å². The summed E-state index contributed by atoms with van der Waals surface area (Å²) in [6.45, 7) is 10.5. The lowest BCUT2D eigenvalue weighted by molar-refractivity contribution is -0.134. The number of amidine groups is 1. The first kappa shape index (κ1) is 32.7. The molecule has 5 rings (SSSR count). The monoisotopic (exact) mass is 642 g/mol.